The topological polar surface area (TPSA) is 83.5 Å². The largest absolute Gasteiger partial charge is 0.402 e. The molecule has 2 aromatic carbocycles. The second-order valence-corrected chi connectivity index (χ2v) is 9.83. The zero-order valence-corrected chi connectivity index (χ0v) is 20.1. The van der Waals surface area contributed by atoms with Gasteiger partial charge >= 0.3 is 13.3 Å². The van der Waals surface area contributed by atoms with Crippen LogP contribution in [-0.4, -0.2) is 55.0 Å². The lowest BCUT2D eigenvalue weighted by Gasteiger charge is -2.32. The summed E-state index contributed by atoms with van der Waals surface area (Å²) in [6.45, 7) is 1.89. The van der Waals surface area contributed by atoms with Crippen molar-refractivity contribution in [3.63, 3.8) is 0 Å². The molecule has 188 valence electrons. The number of alkyl halides is 2. The predicted octanol–water partition coefficient (Wildman–Crippen LogP) is 4.78. The molecular weight excluding hydrogens is 469 g/mol. The average molecular weight is 500 g/mol. The summed E-state index contributed by atoms with van der Waals surface area (Å²) in [5.41, 5.74) is -2.50. The normalized spacial score (nSPS) is 23.3. The quantitative estimate of drug-likeness (QED) is 0.397. The third kappa shape index (κ3) is 6.10. The third-order valence-corrected chi connectivity index (χ3v) is 7.55. The zero-order chi connectivity index (χ0) is 24.6. The third-order valence-electron chi connectivity index (χ3n) is 5.37. The van der Waals surface area contributed by atoms with Crippen LogP contribution in [0.2, 0.25) is 0 Å². The van der Waals surface area contributed by atoms with Gasteiger partial charge in [-0.2, -0.15) is 8.78 Å². The van der Waals surface area contributed by atoms with Gasteiger partial charge in [0, 0.05) is 0 Å². The summed E-state index contributed by atoms with van der Waals surface area (Å²) in [5, 5.41) is 9.89. The van der Waals surface area contributed by atoms with Crippen LogP contribution in [0.25, 0.3) is 0 Å². The molecular formula is C24H31F2O7P. The van der Waals surface area contributed by atoms with E-state index in [1.165, 1.54) is 13.8 Å². The Balaban J connectivity index is 1.90. The Morgan fingerprint density at radius 2 is 1.35 bits per heavy atom. The molecule has 1 aliphatic rings. The molecule has 10 heteroatoms. The lowest BCUT2D eigenvalue weighted by molar-refractivity contribution is -0.140. The monoisotopic (exact) mass is 500 g/mol. The lowest BCUT2D eigenvalue weighted by atomic mass is 10.1. The molecule has 0 spiro atoms. The molecule has 3 rings (SSSR count). The minimum absolute atomic E-state index is 0.0155. The average Bonchev–Trinajstić information content (AvgIpc) is 3.21. The van der Waals surface area contributed by atoms with Crippen molar-refractivity contribution in [2.24, 2.45) is 0 Å². The van der Waals surface area contributed by atoms with Gasteiger partial charge in [0.15, 0.2) is 6.10 Å². The summed E-state index contributed by atoms with van der Waals surface area (Å²) < 4.78 is 71.8. The number of hydrogen-bond acceptors (Lipinski definition) is 7. The van der Waals surface area contributed by atoms with Crippen LogP contribution in [0.5, 0.6) is 0 Å². The second-order valence-electron chi connectivity index (χ2n) is 7.72. The van der Waals surface area contributed by atoms with Crippen molar-refractivity contribution in [3.8, 4) is 0 Å². The fraction of sp³-hybridized carbons (Fsp3) is 0.500. The molecule has 0 amide bonds. The maximum absolute atomic E-state index is 15.7. The van der Waals surface area contributed by atoms with Gasteiger partial charge < -0.3 is 28.4 Å². The van der Waals surface area contributed by atoms with Crippen LogP contribution in [0.15, 0.2) is 60.7 Å². The summed E-state index contributed by atoms with van der Waals surface area (Å²) >= 11 is 0. The fourth-order valence-corrected chi connectivity index (χ4v) is 5.39. The maximum Gasteiger partial charge on any atom is 0.402 e. The summed E-state index contributed by atoms with van der Waals surface area (Å²) in [5.74, 6) is 0. The summed E-state index contributed by atoms with van der Waals surface area (Å²) in [4.78, 5) is 0. The Morgan fingerprint density at radius 1 is 0.882 bits per heavy atom. The lowest BCUT2D eigenvalue weighted by Crippen LogP contribution is -2.46. The smallest absolute Gasteiger partial charge is 0.394 e. The molecule has 1 saturated heterocycles. The van der Waals surface area contributed by atoms with E-state index in [4.69, 9.17) is 23.3 Å². The van der Waals surface area contributed by atoms with Gasteiger partial charge in [-0.15, -0.1) is 0 Å². The van der Waals surface area contributed by atoms with Crippen molar-refractivity contribution < 1.29 is 41.7 Å². The molecule has 1 N–H and O–H groups in total. The van der Waals surface area contributed by atoms with Crippen LogP contribution in [0.3, 0.4) is 0 Å². The molecule has 0 saturated carbocycles. The van der Waals surface area contributed by atoms with Gasteiger partial charge in [-0.25, -0.2) is 0 Å². The summed E-state index contributed by atoms with van der Waals surface area (Å²) in [7, 11) is -4.92. The van der Waals surface area contributed by atoms with E-state index in [1.807, 2.05) is 36.4 Å². The Hall–Kier alpha value is -1.71. The molecule has 0 aliphatic carbocycles. The van der Waals surface area contributed by atoms with Crippen LogP contribution >= 0.6 is 7.60 Å². The second kappa shape index (κ2) is 12.3. The number of hydrogen-bond donors (Lipinski definition) is 1. The Morgan fingerprint density at radius 3 is 1.79 bits per heavy atom. The standard InChI is InChI=1S/C24H31F2O7P/c1-3-31-34(28,32-4-2)24(25,26)23-22(30-17-19-13-9-6-10-14-19)21(20(15-27)33-23)29-16-18-11-7-5-8-12-18/h5-14,20-23,27H,3-4,15-17H2,1-2H3/t20-,21-,22+,23+/m1/s1. The molecule has 0 aromatic heterocycles. The minimum atomic E-state index is -4.92. The fourth-order valence-electron chi connectivity index (χ4n) is 3.78. The van der Waals surface area contributed by atoms with Gasteiger partial charge in [0.1, 0.15) is 18.3 Å². The molecule has 7 nitrogen and oxygen atoms in total. The molecule has 1 heterocycles. The molecule has 1 fully saturated rings. The number of benzene rings is 2. The van der Waals surface area contributed by atoms with Crippen LogP contribution in [0.4, 0.5) is 8.78 Å². The van der Waals surface area contributed by atoms with Gasteiger partial charge in [0.25, 0.3) is 0 Å². The summed E-state index contributed by atoms with van der Waals surface area (Å²) in [6, 6.07) is 18.2. The van der Waals surface area contributed by atoms with Gasteiger partial charge in [0.2, 0.25) is 0 Å². The molecule has 0 bridgehead atoms. The highest BCUT2D eigenvalue weighted by atomic mass is 31.2. The van der Waals surface area contributed by atoms with Crippen molar-refractivity contribution >= 4 is 7.60 Å². The van der Waals surface area contributed by atoms with Crippen LogP contribution in [0, 0.1) is 0 Å². The van der Waals surface area contributed by atoms with Crippen molar-refractivity contribution in [2.75, 3.05) is 19.8 Å². The highest BCUT2D eigenvalue weighted by Gasteiger charge is 2.67. The molecule has 1 aliphatic heterocycles. The minimum Gasteiger partial charge on any atom is -0.394 e. The molecule has 0 unspecified atom stereocenters. The predicted molar refractivity (Wildman–Crippen MR) is 122 cm³/mol. The van der Waals surface area contributed by atoms with Gasteiger partial charge in [-0.3, -0.25) is 4.57 Å². The van der Waals surface area contributed by atoms with Crippen molar-refractivity contribution in [1.82, 2.24) is 0 Å². The Bertz CT molecular complexity index is 906. The van der Waals surface area contributed by atoms with Gasteiger partial charge in [-0.05, 0) is 25.0 Å². The first-order valence-electron chi connectivity index (χ1n) is 11.2. The van der Waals surface area contributed by atoms with Crippen LogP contribution in [0.1, 0.15) is 25.0 Å². The van der Waals surface area contributed by atoms with Gasteiger partial charge in [0.05, 0.1) is 33.0 Å². The highest BCUT2D eigenvalue weighted by Crippen LogP contribution is 2.65. The van der Waals surface area contributed by atoms with E-state index in [0.717, 1.165) is 11.1 Å². The highest BCUT2D eigenvalue weighted by molar-refractivity contribution is 7.55. The van der Waals surface area contributed by atoms with E-state index in [9.17, 15) is 9.67 Å². The molecule has 0 radical (unpaired) electrons. The molecule has 34 heavy (non-hydrogen) atoms. The SMILES string of the molecule is CCOP(=O)(OCC)C(F)(F)[C@H]1O[C@H](CO)[C@@H](OCc2ccccc2)[C@@H]1OCc1ccccc1. The number of ether oxygens (including phenoxy) is 3. The van der Waals surface area contributed by atoms with Gasteiger partial charge in [-0.1, -0.05) is 60.7 Å². The van der Waals surface area contributed by atoms with Crippen molar-refractivity contribution in [3.05, 3.63) is 71.8 Å². The summed E-state index contributed by atoms with van der Waals surface area (Å²) in [6.07, 6.45) is -5.57. The first-order valence-corrected chi connectivity index (χ1v) is 12.7. The number of aliphatic hydroxyl groups excluding tert-OH is 1. The van der Waals surface area contributed by atoms with E-state index in [-0.39, 0.29) is 26.4 Å². The number of rotatable bonds is 13. The van der Waals surface area contributed by atoms with Crippen molar-refractivity contribution in [2.45, 2.75) is 57.1 Å². The Labute approximate surface area is 198 Å². The van der Waals surface area contributed by atoms with E-state index in [0.29, 0.717) is 0 Å². The van der Waals surface area contributed by atoms with Crippen LogP contribution in [-0.2, 0) is 41.0 Å². The van der Waals surface area contributed by atoms with E-state index < -0.39 is 44.3 Å². The maximum atomic E-state index is 15.7. The first-order chi connectivity index (χ1) is 16.4. The number of aliphatic hydroxyl groups is 1. The van der Waals surface area contributed by atoms with Crippen LogP contribution < -0.4 is 0 Å². The van der Waals surface area contributed by atoms with E-state index in [2.05, 4.69) is 0 Å². The molecule has 4 atom stereocenters. The Kier molecular flexibility index (Phi) is 9.74. The molecule has 2 aromatic rings. The van der Waals surface area contributed by atoms with Crippen molar-refractivity contribution in [1.29, 1.82) is 0 Å². The zero-order valence-electron chi connectivity index (χ0n) is 19.2. The van der Waals surface area contributed by atoms with E-state index >= 15 is 8.78 Å². The first kappa shape index (κ1) is 26.9. The number of halogens is 2. The van der Waals surface area contributed by atoms with E-state index in [1.54, 1.807) is 24.3 Å².